The fourth-order valence-electron chi connectivity index (χ4n) is 3.69. The molecule has 0 fully saturated rings. The molecule has 172 valence electrons. The molecule has 0 aliphatic carbocycles. The van der Waals surface area contributed by atoms with Crippen LogP contribution >= 0.6 is 11.6 Å². The second-order valence-electron chi connectivity index (χ2n) is 7.52. The number of nitrogens with one attached hydrogen (secondary N) is 2. The summed E-state index contributed by atoms with van der Waals surface area (Å²) in [4.78, 5) is 10.9. The molecule has 3 N–H and O–H groups in total. The van der Waals surface area contributed by atoms with Crippen molar-refractivity contribution in [3.63, 3.8) is 0 Å². The number of alkyl halides is 3. The summed E-state index contributed by atoms with van der Waals surface area (Å²) < 4.78 is 67.5. The number of carboxylic acids is 1. The van der Waals surface area contributed by atoms with Gasteiger partial charge in [-0.3, -0.25) is 0 Å². The summed E-state index contributed by atoms with van der Waals surface area (Å²) in [5, 5.41) is 12.7. The number of sulfonamides is 1. The molecule has 6 nitrogen and oxygen atoms in total. The van der Waals surface area contributed by atoms with Crippen molar-refractivity contribution in [2.24, 2.45) is 0 Å². The van der Waals surface area contributed by atoms with Crippen LogP contribution in [-0.2, 0) is 28.3 Å². The van der Waals surface area contributed by atoms with Crippen molar-refractivity contribution in [2.75, 3.05) is 5.32 Å². The Morgan fingerprint density at radius 2 is 1.67 bits per heavy atom. The van der Waals surface area contributed by atoms with Crippen molar-refractivity contribution in [1.29, 1.82) is 0 Å². The van der Waals surface area contributed by atoms with E-state index in [1.165, 1.54) is 24.3 Å². The van der Waals surface area contributed by atoms with Crippen molar-refractivity contribution >= 4 is 33.3 Å². The predicted octanol–water partition coefficient (Wildman–Crippen LogP) is 4.86. The normalized spacial score (nSPS) is 17.9. The lowest BCUT2D eigenvalue weighted by Crippen LogP contribution is -2.50. The number of fused-ring (bicyclic) bond motifs is 1. The topological polar surface area (TPSA) is 95.5 Å². The number of benzene rings is 3. The van der Waals surface area contributed by atoms with Gasteiger partial charge < -0.3 is 10.4 Å². The van der Waals surface area contributed by atoms with E-state index >= 15 is 0 Å². The lowest BCUT2D eigenvalue weighted by molar-refractivity contribution is -0.137. The first-order valence-electron chi connectivity index (χ1n) is 9.51. The van der Waals surface area contributed by atoms with Crippen LogP contribution in [-0.4, -0.2) is 19.5 Å². The summed E-state index contributed by atoms with van der Waals surface area (Å²) in [5.41, 5.74) is -0.655. The average Bonchev–Trinajstić information content (AvgIpc) is 3.11. The third-order valence-corrected chi connectivity index (χ3v) is 7.04. The van der Waals surface area contributed by atoms with Gasteiger partial charge in [0.1, 0.15) is 5.66 Å². The van der Waals surface area contributed by atoms with Crippen LogP contribution in [0.25, 0.3) is 0 Å². The number of anilines is 1. The van der Waals surface area contributed by atoms with Crippen molar-refractivity contribution in [3.8, 4) is 0 Å². The summed E-state index contributed by atoms with van der Waals surface area (Å²) in [5.74, 6) is -1.14. The van der Waals surface area contributed by atoms with Crippen molar-refractivity contribution in [3.05, 3.63) is 94.0 Å². The minimum atomic E-state index is -4.60. The quantitative estimate of drug-likeness (QED) is 0.469. The van der Waals surface area contributed by atoms with Gasteiger partial charge in [0, 0.05) is 17.1 Å². The van der Waals surface area contributed by atoms with E-state index in [9.17, 15) is 31.5 Å². The van der Waals surface area contributed by atoms with E-state index in [-0.39, 0.29) is 16.9 Å². The van der Waals surface area contributed by atoms with E-state index in [0.717, 1.165) is 12.1 Å². The first kappa shape index (κ1) is 23.1. The molecule has 1 aliphatic rings. The van der Waals surface area contributed by atoms with Crippen LogP contribution < -0.4 is 10.0 Å². The molecule has 1 unspecified atom stereocenters. The Bertz CT molecular complexity index is 1330. The molecule has 0 saturated heterocycles. The van der Waals surface area contributed by atoms with Crippen LogP contribution in [0.4, 0.5) is 18.9 Å². The molecular weight excluding hydrogens is 481 g/mol. The summed E-state index contributed by atoms with van der Waals surface area (Å²) in [6.07, 6.45) is -4.48. The second kappa shape index (κ2) is 8.05. The lowest BCUT2D eigenvalue weighted by atomic mass is 9.95. The van der Waals surface area contributed by atoms with Crippen molar-refractivity contribution in [1.82, 2.24) is 4.72 Å². The largest absolute Gasteiger partial charge is 0.478 e. The van der Waals surface area contributed by atoms with Gasteiger partial charge in [-0.05, 0) is 65.7 Å². The number of carbonyl (C=O) groups is 1. The van der Waals surface area contributed by atoms with Crippen LogP contribution in [0.1, 0.15) is 27.0 Å². The monoisotopic (exact) mass is 496 g/mol. The zero-order chi connectivity index (χ0) is 24.0. The van der Waals surface area contributed by atoms with Crippen LogP contribution in [0, 0.1) is 0 Å². The summed E-state index contributed by atoms with van der Waals surface area (Å²) in [7, 11) is -4.30. The molecule has 0 radical (unpaired) electrons. The zero-order valence-corrected chi connectivity index (χ0v) is 18.2. The van der Waals surface area contributed by atoms with Crippen LogP contribution in [0.3, 0.4) is 0 Å². The maximum atomic E-state index is 13.2. The molecule has 11 heteroatoms. The van der Waals surface area contributed by atoms with Gasteiger partial charge in [0.05, 0.1) is 16.0 Å². The second-order valence-corrected chi connectivity index (χ2v) is 9.64. The highest BCUT2D eigenvalue weighted by Gasteiger charge is 2.42. The molecule has 0 aromatic heterocycles. The summed E-state index contributed by atoms with van der Waals surface area (Å²) >= 11 is 6.08. The Labute approximate surface area is 192 Å². The number of halogens is 4. The minimum Gasteiger partial charge on any atom is -0.478 e. The Morgan fingerprint density at radius 3 is 2.24 bits per heavy atom. The maximum Gasteiger partial charge on any atom is 0.416 e. The van der Waals surface area contributed by atoms with E-state index in [1.807, 2.05) is 0 Å². The number of aromatic carboxylic acids is 1. The SMILES string of the molecule is O=C(O)c1ccc(C2(NS(=O)(=O)c3ccc(C(F)(F)F)cc3)Cc3cc(Cl)ccc3N2)cc1. The zero-order valence-electron chi connectivity index (χ0n) is 16.7. The molecular formula is C22H16ClF3N2O4S. The molecule has 0 bridgehead atoms. The highest BCUT2D eigenvalue weighted by molar-refractivity contribution is 7.89. The number of carboxylic acid groups (broad SMARTS) is 1. The number of hydrogen-bond donors (Lipinski definition) is 3. The van der Waals surface area contributed by atoms with E-state index in [1.54, 1.807) is 18.2 Å². The van der Waals surface area contributed by atoms with E-state index in [4.69, 9.17) is 11.6 Å². The smallest absolute Gasteiger partial charge is 0.416 e. The van der Waals surface area contributed by atoms with Gasteiger partial charge in [-0.1, -0.05) is 23.7 Å². The fourth-order valence-corrected chi connectivity index (χ4v) is 5.20. The van der Waals surface area contributed by atoms with Crippen molar-refractivity contribution in [2.45, 2.75) is 23.2 Å². The van der Waals surface area contributed by atoms with Gasteiger partial charge in [0.25, 0.3) is 0 Å². The highest BCUT2D eigenvalue weighted by Crippen LogP contribution is 2.40. The van der Waals surface area contributed by atoms with E-state index in [0.29, 0.717) is 34.0 Å². The summed E-state index contributed by atoms with van der Waals surface area (Å²) in [6.45, 7) is 0. The fraction of sp³-hybridized carbons (Fsp3) is 0.136. The standard InChI is InChI=1S/C22H16ClF3N2O4S/c23-17-7-10-19-14(11-17)12-21(27-19,15-3-1-13(2-4-15)20(29)30)28-33(31,32)18-8-5-16(6-9-18)22(24,25)26/h1-11,27-28H,12H2,(H,29,30). The average molecular weight is 497 g/mol. The van der Waals surface area contributed by atoms with E-state index < -0.39 is 33.4 Å². The van der Waals surface area contributed by atoms with Gasteiger partial charge in [0.15, 0.2) is 0 Å². The molecule has 33 heavy (non-hydrogen) atoms. The molecule has 4 rings (SSSR count). The van der Waals surface area contributed by atoms with Crippen LogP contribution in [0.2, 0.25) is 5.02 Å². The third kappa shape index (κ3) is 4.54. The Morgan fingerprint density at radius 1 is 1.03 bits per heavy atom. The van der Waals surface area contributed by atoms with Gasteiger partial charge in [-0.15, -0.1) is 0 Å². The number of hydrogen-bond acceptors (Lipinski definition) is 4. The Kier molecular flexibility index (Phi) is 5.63. The molecule has 1 aliphatic heterocycles. The third-order valence-electron chi connectivity index (χ3n) is 5.30. The number of rotatable bonds is 5. The van der Waals surface area contributed by atoms with E-state index in [2.05, 4.69) is 10.0 Å². The molecule has 0 spiro atoms. The molecule has 0 saturated carbocycles. The molecule has 3 aromatic carbocycles. The van der Waals surface area contributed by atoms with Crippen LogP contribution in [0.5, 0.6) is 0 Å². The Hall–Kier alpha value is -3.08. The predicted molar refractivity (Wildman–Crippen MR) is 116 cm³/mol. The van der Waals surface area contributed by atoms with Gasteiger partial charge >= 0.3 is 12.1 Å². The molecule has 3 aromatic rings. The Balaban J connectivity index is 1.75. The lowest BCUT2D eigenvalue weighted by Gasteiger charge is -2.32. The molecule has 1 atom stereocenters. The molecule has 0 amide bonds. The van der Waals surface area contributed by atoms with Gasteiger partial charge in [-0.25, -0.2) is 13.2 Å². The van der Waals surface area contributed by atoms with Gasteiger partial charge in [0.2, 0.25) is 10.0 Å². The summed E-state index contributed by atoms with van der Waals surface area (Å²) in [6, 6.07) is 13.7. The van der Waals surface area contributed by atoms with Crippen LogP contribution in [0.15, 0.2) is 71.6 Å². The highest BCUT2D eigenvalue weighted by atomic mass is 35.5. The van der Waals surface area contributed by atoms with Crippen molar-refractivity contribution < 1.29 is 31.5 Å². The molecule has 1 heterocycles. The first-order chi connectivity index (χ1) is 15.4. The first-order valence-corrected chi connectivity index (χ1v) is 11.4. The minimum absolute atomic E-state index is 0.0121. The van der Waals surface area contributed by atoms with Gasteiger partial charge in [-0.2, -0.15) is 17.9 Å². The maximum absolute atomic E-state index is 13.2.